The maximum Gasteiger partial charge on any atom is 0.307 e. The molecule has 0 unspecified atom stereocenters. The molecule has 0 heterocycles. The summed E-state index contributed by atoms with van der Waals surface area (Å²) in [4.78, 5) is 23.6. The molecule has 2 rings (SSSR count). The lowest BCUT2D eigenvalue weighted by atomic mass is 10.1. The lowest BCUT2D eigenvalue weighted by Gasteiger charge is -2.08. The second kappa shape index (κ2) is 9.53. The first kappa shape index (κ1) is 20.9. The Balaban J connectivity index is 1.78. The van der Waals surface area contributed by atoms with Gasteiger partial charge in [-0.2, -0.15) is 0 Å². The topological polar surface area (TPSA) is 89.5 Å². The van der Waals surface area contributed by atoms with Crippen LogP contribution >= 0.6 is 11.6 Å². The molecule has 0 spiro atoms. The number of rotatable bonds is 8. The van der Waals surface area contributed by atoms with Crippen LogP contribution in [0.15, 0.2) is 53.4 Å². The van der Waals surface area contributed by atoms with E-state index in [4.69, 9.17) is 16.3 Å². The molecular weight excluding hydrogens is 390 g/mol. The number of benzene rings is 2. The minimum atomic E-state index is -3.63. The molecule has 144 valence electrons. The molecule has 0 bridgehead atoms. The van der Waals surface area contributed by atoms with Gasteiger partial charge in [0, 0.05) is 10.7 Å². The second-order valence-corrected chi connectivity index (χ2v) is 8.33. The van der Waals surface area contributed by atoms with Crippen molar-refractivity contribution in [3.05, 3.63) is 59.1 Å². The fraction of sp³-hybridized carbons (Fsp3) is 0.263. The summed E-state index contributed by atoms with van der Waals surface area (Å²) in [7, 11) is -3.63. The van der Waals surface area contributed by atoms with Gasteiger partial charge in [0.15, 0.2) is 16.4 Å². The molecule has 0 aliphatic rings. The van der Waals surface area contributed by atoms with Crippen molar-refractivity contribution in [1.29, 1.82) is 0 Å². The lowest BCUT2D eigenvalue weighted by molar-refractivity contribution is -0.146. The summed E-state index contributed by atoms with van der Waals surface area (Å²) in [5.41, 5.74) is 1.74. The minimum absolute atomic E-state index is 0.0768. The summed E-state index contributed by atoms with van der Waals surface area (Å²) in [6.45, 7) is 1.55. The number of carbonyl (C=O) groups excluding carboxylic acids is 2. The highest BCUT2D eigenvalue weighted by atomic mass is 35.5. The Morgan fingerprint density at radius 2 is 1.67 bits per heavy atom. The molecule has 0 atom stereocenters. The van der Waals surface area contributed by atoms with Crippen LogP contribution in [0.4, 0.5) is 5.69 Å². The normalized spacial score (nSPS) is 11.0. The molecule has 0 aromatic heterocycles. The highest BCUT2D eigenvalue weighted by Crippen LogP contribution is 2.16. The lowest BCUT2D eigenvalue weighted by Crippen LogP contribution is -2.22. The third-order valence-electron chi connectivity index (χ3n) is 3.76. The summed E-state index contributed by atoms with van der Waals surface area (Å²) >= 11 is 5.73. The van der Waals surface area contributed by atoms with E-state index in [2.05, 4.69) is 5.32 Å². The van der Waals surface area contributed by atoms with E-state index in [-0.39, 0.29) is 11.3 Å². The van der Waals surface area contributed by atoms with Gasteiger partial charge >= 0.3 is 5.97 Å². The first-order valence-corrected chi connectivity index (χ1v) is 10.4. The van der Waals surface area contributed by atoms with Crippen LogP contribution in [-0.2, 0) is 30.6 Å². The summed E-state index contributed by atoms with van der Waals surface area (Å²) in [6, 6.07) is 13.0. The molecule has 0 saturated heterocycles. The Bertz CT molecular complexity index is 893. The predicted molar refractivity (Wildman–Crippen MR) is 104 cm³/mol. The zero-order valence-electron chi connectivity index (χ0n) is 14.8. The maximum absolute atomic E-state index is 12.1. The molecule has 6 nitrogen and oxygen atoms in total. The van der Waals surface area contributed by atoms with Crippen molar-refractivity contribution >= 4 is 39.0 Å². The average molecular weight is 410 g/mol. The van der Waals surface area contributed by atoms with Crippen molar-refractivity contribution in [3.63, 3.8) is 0 Å². The van der Waals surface area contributed by atoms with Crippen molar-refractivity contribution in [2.45, 2.75) is 24.7 Å². The van der Waals surface area contributed by atoms with Gasteiger partial charge in [0.25, 0.3) is 5.91 Å². The van der Waals surface area contributed by atoms with E-state index in [9.17, 15) is 18.0 Å². The monoisotopic (exact) mass is 409 g/mol. The third kappa shape index (κ3) is 6.69. The van der Waals surface area contributed by atoms with Gasteiger partial charge in [0.1, 0.15) is 0 Å². The quantitative estimate of drug-likeness (QED) is 0.676. The molecule has 0 saturated carbocycles. The van der Waals surface area contributed by atoms with Gasteiger partial charge in [0.05, 0.1) is 17.1 Å². The molecule has 0 aliphatic heterocycles. The van der Waals surface area contributed by atoms with Gasteiger partial charge in [-0.05, 0) is 48.4 Å². The van der Waals surface area contributed by atoms with E-state index in [1.54, 1.807) is 12.1 Å². The van der Waals surface area contributed by atoms with Gasteiger partial charge < -0.3 is 10.1 Å². The zero-order valence-corrected chi connectivity index (χ0v) is 16.3. The van der Waals surface area contributed by atoms with Crippen LogP contribution in [0.5, 0.6) is 0 Å². The summed E-state index contributed by atoms with van der Waals surface area (Å²) in [6.07, 6.45) is 0.550. The van der Waals surface area contributed by atoms with E-state index in [1.807, 2.05) is 19.1 Å². The maximum atomic E-state index is 12.1. The predicted octanol–water partition coefficient (Wildman–Crippen LogP) is 3.25. The molecule has 27 heavy (non-hydrogen) atoms. The molecule has 0 fully saturated rings. The van der Waals surface area contributed by atoms with Gasteiger partial charge in [-0.3, -0.25) is 9.59 Å². The van der Waals surface area contributed by atoms with Crippen LogP contribution in [0.3, 0.4) is 0 Å². The second-order valence-electron chi connectivity index (χ2n) is 5.78. The van der Waals surface area contributed by atoms with Crippen LogP contribution in [0.25, 0.3) is 0 Å². The van der Waals surface area contributed by atoms with Crippen molar-refractivity contribution in [2.24, 2.45) is 0 Å². The third-order valence-corrected chi connectivity index (χ3v) is 5.74. The largest absolute Gasteiger partial charge is 0.456 e. The van der Waals surface area contributed by atoms with Crippen LogP contribution in [0, 0.1) is 0 Å². The number of anilines is 1. The first-order valence-electron chi connectivity index (χ1n) is 8.33. The van der Waals surface area contributed by atoms with E-state index in [0.717, 1.165) is 12.0 Å². The van der Waals surface area contributed by atoms with Crippen LogP contribution in [0.1, 0.15) is 18.9 Å². The van der Waals surface area contributed by atoms with Crippen molar-refractivity contribution in [2.75, 3.05) is 17.7 Å². The van der Waals surface area contributed by atoms with Crippen molar-refractivity contribution in [3.8, 4) is 0 Å². The number of sulfone groups is 1. The number of carbonyl (C=O) groups is 2. The first-order chi connectivity index (χ1) is 12.8. The van der Waals surface area contributed by atoms with Crippen LogP contribution in [-0.4, -0.2) is 32.7 Å². The van der Waals surface area contributed by atoms with Gasteiger partial charge in [0.2, 0.25) is 0 Å². The van der Waals surface area contributed by atoms with Crippen molar-refractivity contribution < 1.29 is 22.7 Å². The van der Waals surface area contributed by atoms with Crippen LogP contribution in [0.2, 0.25) is 5.02 Å². The number of nitrogens with one attached hydrogen (secondary N) is 1. The smallest absolute Gasteiger partial charge is 0.307 e. The number of amides is 1. The number of aryl methyl sites for hydroxylation is 1. The number of ether oxygens (including phenoxy) is 1. The highest BCUT2D eigenvalue weighted by Gasteiger charge is 2.17. The summed E-state index contributed by atoms with van der Waals surface area (Å²) in [5.74, 6) is -1.66. The van der Waals surface area contributed by atoms with Gasteiger partial charge in [-0.15, -0.1) is 0 Å². The Labute approximate surface area is 163 Å². The van der Waals surface area contributed by atoms with Gasteiger partial charge in [-0.1, -0.05) is 30.7 Å². The SMILES string of the molecule is CCc1ccc(NC(=O)COC(=O)CCS(=O)(=O)c2ccc(Cl)cc2)cc1. The molecular formula is C19H20ClNO5S. The molecule has 0 radical (unpaired) electrons. The minimum Gasteiger partial charge on any atom is -0.456 e. The van der Waals surface area contributed by atoms with Gasteiger partial charge in [-0.25, -0.2) is 8.42 Å². The standard InChI is InChI=1S/C19H20ClNO5S/c1-2-14-3-7-16(8-4-14)21-18(22)13-26-19(23)11-12-27(24,25)17-9-5-15(20)6-10-17/h3-10H,2,11-13H2,1H3,(H,21,22). The van der Waals surface area contributed by atoms with E-state index >= 15 is 0 Å². The highest BCUT2D eigenvalue weighted by molar-refractivity contribution is 7.91. The number of hydrogen-bond acceptors (Lipinski definition) is 5. The summed E-state index contributed by atoms with van der Waals surface area (Å²) in [5, 5.41) is 3.03. The Morgan fingerprint density at radius 3 is 2.26 bits per heavy atom. The molecule has 1 amide bonds. The Kier molecular flexibility index (Phi) is 7.38. The fourth-order valence-electron chi connectivity index (χ4n) is 2.22. The summed E-state index contributed by atoms with van der Waals surface area (Å²) < 4.78 is 29.1. The number of hydrogen-bond donors (Lipinski definition) is 1. The molecule has 2 aromatic rings. The Hall–Kier alpha value is -2.38. The molecule has 1 N–H and O–H groups in total. The number of esters is 1. The zero-order chi connectivity index (χ0) is 19.9. The fourth-order valence-corrected chi connectivity index (χ4v) is 3.56. The molecule has 2 aromatic carbocycles. The van der Waals surface area contributed by atoms with E-state index in [0.29, 0.717) is 10.7 Å². The van der Waals surface area contributed by atoms with Crippen LogP contribution < -0.4 is 5.32 Å². The van der Waals surface area contributed by atoms with E-state index < -0.39 is 34.1 Å². The van der Waals surface area contributed by atoms with E-state index in [1.165, 1.54) is 24.3 Å². The molecule has 8 heteroatoms. The average Bonchev–Trinajstić information content (AvgIpc) is 2.66. The number of halogens is 1. The Morgan fingerprint density at radius 1 is 1.04 bits per heavy atom. The van der Waals surface area contributed by atoms with Crippen molar-refractivity contribution in [1.82, 2.24) is 0 Å². The molecule has 0 aliphatic carbocycles.